The highest BCUT2D eigenvalue weighted by atomic mass is 16.5. The molecule has 5 fully saturated rings. The molecule has 1 unspecified atom stereocenters. The first-order chi connectivity index (χ1) is 19.1. The molecule has 0 spiro atoms. The summed E-state index contributed by atoms with van der Waals surface area (Å²) in [7, 11) is 1.54. The van der Waals surface area contributed by atoms with Crippen LogP contribution >= 0.6 is 0 Å². The molecule has 0 aliphatic heterocycles. The molecule has 0 radical (unpaired) electrons. The fourth-order valence-corrected chi connectivity index (χ4v) is 12.4. The molecule has 5 aliphatic rings. The van der Waals surface area contributed by atoms with Crippen LogP contribution in [0.15, 0.2) is 12.2 Å². The van der Waals surface area contributed by atoms with Crippen LogP contribution in [-0.2, 0) is 28.6 Å². The average Bonchev–Trinajstić information content (AvgIpc) is 3.30. The van der Waals surface area contributed by atoms with E-state index < -0.39 is 5.41 Å². The van der Waals surface area contributed by atoms with Crippen molar-refractivity contribution in [3.8, 4) is 0 Å². The Morgan fingerprint density at radius 2 is 1.51 bits per heavy atom. The Kier molecular flexibility index (Phi) is 7.55. The van der Waals surface area contributed by atoms with E-state index in [-0.39, 0.29) is 63.4 Å². The molecule has 6 nitrogen and oxygen atoms in total. The summed E-state index contributed by atoms with van der Waals surface area (Å²) in [6, 6.07) is 0. The van der Waals surface area contributed by atoms with E-state index in [1.165, 1.54) is 21.0 Å². The van der Waals surface area contributed by atoms with Crippen LogP contribution in [-0.4, -0.2) is 37.7 Å². The first kappa shape index (κ1) is 30.6. The van der Waals surface area contributed by atoms with Gasteiger partial charge < -0.3 is 14.2 Å². The number of carbonyl (C=O) groups excluding carboxylic acids is 3. The molecule has 10 atom stereocenters. The SMILES string of the molecule is C=C(C)[C@@H]1CC[C@]2(C(=O)OC)CC[C@]3(COC(C)=O)[C@H](CC[C@@H]4[C@@]5(C)CCC(OC(C)=O)C(C)(C)[C@@H]5CC[C@]43C)[C@@H]12. The van der Waals surface area contributed by atoms with E-state index in [4.69, 9.17) is 14.2 Å². The standard InChI is InChI=1S/C35H54O6/c1-21(2)24-12-17-34(30(38)39-9)18-19-35(20-40-22(3)36)25(29(24)34)10-11-27-32(7)15-14-28(41-23(4)37)31(5,6)26(32)13-16-33(27,35)8/h24-29H,1,10-20H2,2-9H3/t24-,25+,26-,27+,28?,29+,32-,33+,34-,35-/m0/s1. The summed E-state index contributed by atoms with van der Waals surface area (Å²) in [6.07, 6.45) is 9.64. The number of allylic oxidation sites excluding steroid dienone is 1. The van der Waals surface area contributed by atoms with Gasteiger partial charge in [0.15, 0.2) is 0 Å². The molecular formula is C35H54O6. The molecule has 41 heavy (non-hydrogen) atoms. The molecule has 0 saturated heterocycles. The normalized spacial score (nSPS) is 46.1. The second kappa shape index (κ2) is 10.1. The zero-order valence-corrected chi connectivity index (χ0v) is 26.9. The van der Waals surface area contributed by atoms with Crippen molar-refractivity contribution >= 4 is 17.9 Å². The number of esters is 3. The fraction of sp³-hybridized carbons (Fsp3) is 0.857. The number of fused-ring (bicyclic) bond motifs is 7. The lowest BCUT2D eigenvalue weighted by Gasteiger charge is -2.73. The van der Waals surface area contributed by atoms with Crippen molar-refractivity contribution in [2.45, 2.75) is 119 Å². The maximum Gasteiger partial charge on any atom is 0.312 e. The van der Waals surface area contributed by atoms with Gasteiger partial charge in [0.1, 0.15) is 6.10 Å². The average molecular weight is 571 g/mol. The second-order valence-electron chi connectivity index (χ2n) is 15.8. The van der Waals surface area contributed by atoms with E-state index in [1.54, 1.807) is 0 Å². The van der Waals surface area contributed by atoms with Crippen molar-refractivity contribution in [3.05, 3.63) is 12.2 Å². The van der Waals surface area contributed by atoms with Crippen LogP contribution in [0.25, 0.3) is 0 Å². The summed E-state index contributed by atoms with van der Waals surface area (Å²) in [4.78, 5) is 38.0. The Hall–Kier alpha value is -1.85. The minimum absolute atomic E-state index is 0.0362. The lowest BCUT2D eigenvalue weighted by atomic mass is 9.32. The van der Waals surface area contributed by atoms with Crippen molar-refractivity contribution in [2.75, 3.05) is 13.7 Å². The third kappa shape index (κ3) is 4.18. The van der Waals surface area contributed by atoms with Crippen LogP contribution < -0.4 is 0 Å². The highest BCUT2D eigenvalue weighted by Crippen LogP contribution is 2.77. The highest BCUT2D eigenvalue weighted by Gasteiger charge is 2.74. The monoisotopic (exact) mass is 570 g/mol. The third-order valence-electron chi connectivity index (χ3n) is 14.1. The molecule has 6 heteroatoms. The van der Waals surface area contributed by atoms with Gasteiger partial charge in [-0.25, -0.2) is 0 Å². The predicted molar refractivity (Wildman–Crippen MR) is 157 cm³/mol. The van der Waals surface area contributed by atoms with E-state index in [0.29, 0.717) is 18.4 Å². The van der Waals surface area contributed by atoms with Gasteiger partial charge >= 0.3 is 17.9 Å². The van der Waals surface area contributed by atoms with Gasteiger partial charge in [-0.2, -0.15) is 0 Å². The Balaban J connectivity index is 1.60. The van der Waals surface area contributed by atoms with Gasteiger partial charge in [0.05, 0.1) is 19.1 Å². The molecule has 0 amide bonds. The van der Waals surface area contributed by atoms with E-state index in [2.05, 4.69) is 41.2 Å². The van der Waals surface area contributed by atoms with Gasteiger partial charge in [-0.15, -0.1) is 0 Å². The maximum atomic E-state index is 13.6. The van der Waals surface area contributed by atoms with Crippen LogP contribution in [0.2, 0.25) is 0 Å². The minimum atomic E-state index is -0.475. The van der Waals surface area contributed by atoms with Crippen LogP contribution in [0.5, 0.6) is 0 Å². The molecule has 5 saturated carbocycles. The van der Waals surface area contributed by atoms with Crippen LogP contribution in [0, 0.1) is 56.7 Å². The number of hydrogen-bond donors (Lipinski definition) is 0. The van der Waals surface area contributed by atoms with E-state index >= 15 is 0 Å². The summed E-state index contributed by atoms with van der Waals surface area (Å²) < 4.78 is 17.5. The van der Waals surface area contributed by atoms with Gasteiger partial charge in [0.25, 0.3) is 0 Å². The minimum Gasteiger partial charge on any atom is -0.469 e. The summed E-state index contributed by atoms with van der Waals surface area (Å²) in [5, 5.41) is 0. The first-order valence-corrected chi connectivity index (χ1v) is 16.1. The lowest BCUT2D eigenvalue weighted by Crippen LogP contribution is -2.69. The molecule has 0 bridgehead atoms. The van der Waals surface area contributed by atoms with Crippen molar-refractivity contribution in [1.82, 2.24) is 0 Å². The van der Waals surface area contributed by atoms with Gasteiger partial charge in [0.2, 0.25) is 0 Å². The van der Waals surface area contributed by atoms with E-state index in [1.807, 2.05) is 0 Å². The Morgan fingerprint density at radius 1 is 0.805 bits per heavy atom. The van der Waals surface area contributed by atoms with Crippen molar-refractivity contribution in [1.29, 1.82) is 0 Å². The molecule has 0 heterocycles. The summed E-state index contributed by atoms with van der Waals surface area (Å²) in [6.45, 7) is 19.7. The predicted octanol–water partition coefficient (Wildman–Crippen LogP) is 7.29. The topological polar surface area (TPSA) is 78.9 Å². The molecule has 5 aliphatic carbocycles. The molecule has 0 aromatic carbocycles. The molecule has 0 N–H and O–H groups in total. The maximum absolute atomic E-state index is 13.6. The van der Waals surface area contributed by atoms with Crippen molar-refractivity contribution < 1.29 is 28.6 Å². The highest BCUT2D eigenvalue weighted by molar-refractivity contribution is 5.78. The Labute approximate surface area is 247 Å². The fourth-order valence-electron chi connectivity index (χ4n) is 12.4. The van der Waals surface area contributed by atoms with Crippen LogP contribution in [0.4, 0.5) is 0 Å². The van der Waals surface area contributed by atoms with E-state index in [9.17, 15) is 14.4 Å². The number of ether oxygens (including phenoxy) is 3. The molecule has 5 rings (SSSR count). The molecule has 0 aromatic rings. The Morgan fingerprint density at radius 3 is 2.12 bits per heavy atom. The van der Waals surface area contributed by atoms with Crippen molar-refractivity contribution in [2.24, 2.45) is 56.7 Å². The van der Waals surface area contributed by atoms with Crippen LogP contribution in [0.1, 0.15) is 113 Å². The zero-order chi connectivity index (χ0) is 30.2. The third-order valence-corrected chi connectivity index (χ3v) is 14.1. The summed E-state index contributed by atoms with van der Waals surface area (Å²) in [5.74, 6) is 1.16. The summed E-state index contributed by atoms with van der Waals surface area (Å²) >= 11 is 0. The van der Waals surface area contributed by atoms with Gasteiger partial charge in [-0.05, 0) is 112 Å². The Bertz CT molecular complexity index is 1110. The number of methoxy groups -OCH3 is 1. The summed E-state index contributed by atoms with van der Waals surface area (Å²) in [5.41, 5.74) is 0.442. The molecule has 230 valence electrons. The number of rotatable bonds is 5. The van der Waals surface area contributed by atoms with Gasteiger partial charge in [0, 0.05) is 24.7 Å². The van der Waals surface area contributed by atoms with Crippen LogP contribution in [0.3, 0.4) is 0 Å². The smallest absolute Gasteiger partial charge is 0.312 e. The van der Waals surface area contributed by atoms with Crippen molar-refractivity contribution in [3.63, 3.8) is 0 Å². The van der Waals surface area contributed by atoms with Gasteiger partial charge in [-0.1, -0.05) is 39.8 Å². The first-order valence-electron chi connectivity index (χ1n) is 16.1. The number of carbonyl (C=O) groups is 3. The molecular weight excluding hydrogens is 516 g/mol. The lowest BCUT2D eigenvalue weighted by molar-refractivity contribution is -0.265. The molecule has 0 aromatic heterocycles. The quantitative estimate of drug-likeness (QED) is 0.196. The second-order valence-corrected chi connectivity index (χ2v) is 15.8. The zero-order valence-electron chi connectivity index (χ0n) is 26.9. The largest absolute Gasteiger partial charge is 0.469 e. The van der Waals surface area contributed by atoms with E-state index in [0.717, 1.165) is 69.8 Å². The van der Waals surface area contributed by atoms with Gasteiger partial charge in [-0.3, -0.25) is 14.4 Å². The number of hydrogen-bond acceptors (Lipinski definition) is 6.